The Labute approximate surface area is 132 Å². The minimum Gasteiger partial charge on any atom is -0.319 e. The number of nitrogens with zero attached hydrogens (tertiary/aromatic N) is 4. The molecule has 1 N–H and O–H groups in total. The molecule has 0 bridgehead atoms. The molecule has 7 heteroatoms. The van der Waals surface area contributed by atoms with Crippen molar-refractivity contribution in [3.8, 4) is 0 Å². The Kier molecular flexibility index (Phi) is 3.61. The Morgan fingerprint density at radius 1 is 1.09 bits per heavy atom. The second-order valence-corrected chi connectivity index (χ2v) is 5.27. The van der Waals surface area contributed by atoms with E-state index in [9.17, 15) is 9.59 Å². The van der Waals surface area contributed by atoms with E-state index in [2.05, 4.69) is 20.4 Å². The van der Waals surface area contributed by atoms with E-state index in [-0.39, 0.29) is 11.6 Å². The van der Waals surface area contributed by atoms with E-state index >= 15 is 0 Å². The molecule has 0 saturated carbocycles. The summed E-state index contributed by atoms with van der Waals surface area (Å²) in [5.74, 6) is -0.0219. The molecule has 1 aromatic carbocycles. The van der Waals surface area contributed by atoms with Gasteiger partial charge in [-0.25, -0.2) is 9.50 Å². The molecule has 0 aliphatic rings. The summed E-state index contributed by atoms with van der Waals surface area (Å²) in [7, 11) is 0. The first-order valence-corrected chi connectivity index (χ1v) is 7.07. The number of ketones is 1. The van der Waals surface area contributed by atoms with E-state index in [0.717, 1.165) is 11.4 Å². The Morgan fingerprint density at radius 3 is 2.43 bits per heavy atom. The number of hydrogen-bond donors (Lipinski definition) is 1. The largest absolute Gasteiger partial charge is 0.319 e. The first kappa shape index (κ1) is 14.8. The molecule has 0 saturated heterocycles. The van der Waals surface area contributed by atoms with Gasteiger partial charge in [-0.2, -0.15) is 4.98 Å². The first-order valence-electron chi connectivity index (χ1n) is 7.07. The van der Waals surface area contributed by atoms with Gasteiger partial charge in [0.25, 0.3) is 11.7 Å². The number of Topliss-reactive ketones (excluding diaryl/α,β-unsaturated/α-hetero) is 1. The van der Waals surface area contributed by atoms with Crippen LogP contribution in [0.15, 0.2) is 30.3 Å². The second kappa shape index (κ2) is 5.60. The van der Waals surface area contributed by atoms with Crippen molar-refractivity contribution in [3.05, 3.63) is 53.1 Å². The monoisotopic (exact) mass is 309 g/mol. The van der Waals surface area contributed by atoms with Crippen LogP contribution >= 0.6 is 0 Å². The van der Waals surface area contributed by atoms with Crippen LogP contribution < -0.4 is 5.32 Å². The lowest BCUT2D eigenvalue weighted by molar-refractivity contribution is 0.101. The maximum absolute atomic E-state index is 12.3. The number of fused-ring (bicyclic) bond motifs is 1. The van der Waals surface area contributed by atoms with E-state index < -0.39 is 5.91 Å². The summed E-state index contributed by atoms with van der Waals surface area (Å²) in [5.41, 5.74) is 2.82. The van der Waals surface area contributed by atoms with E-state index in [1.54, 1.807) is 24.3 Å². The van der Waals surface area contributed by atoms with Crippen molar-refractivity contribution in [2.75, 3.05) is 5.32 Å². The Balaban J connectivity index is 1.85. The number of anilines is 1. The predicted octanol–water partition coefficient (Wildman–Crippen LogP) is 2.20. The van der Waals surface area contributed by atoms with Gasteiger partial charge in [0.2, 0.25) is 5.82 Å². The number of benzene rings is 1. The second-order valence-electron chi connectivity index (χ2n) is 5.27. The van der Waals surface area contributed by atoms with Crippen LogP contribution in [-0.4, -0.2) is 31.3 Å². The highest BCUT2D eigenvalue weighted by Gasteiger charge is 2.15. The van der Waals surface area contributed by atoms with E-state index in [1.165, 1.54) is 11.4 Å². The predicted molar refractivity (Wildman–Crippen MR) is 84.7 cm³/mol. The van der Waals surface area contributed by atoms with Crippen LogP contribution in [0, 0.1) is 13.8 Å². The van der Waals surface area contributed by atoms with Gasteiger partial charge < -0.3 is 5.32 Å². The minimum atomic E-state index is -0.428. The lowest BCUT2D eigenvalue weighted by atomic mass is 10.1. The molecule has 3 aromatic rings. The molecular weight excluding hydrogens is 294 g/mol. The molecule has 0 spiro atoms. The smallest absolute Gasteiger partial charge is 0.295 e. The highest BCUT2D eigenvalue weighted by atomic mass is 16.2. The fourth-order valence-corrected chi connectivity index (χ4v) is 2.24. The van der Waals surface area contributed by atoms with E-state index in [4.69, 9.17) is 0 Å². The number of rotatable bonds is 3. The van der Waals surface area contributed by atoms with Gasteiger partial charge in [-0.1, -0.05) is 0 Å². The molecule has 23 heavy (non-hydrogen) atoms. The van der Waals surface area contributed by atoms with Gasteiger partial charge in [-0.3, -0.25) is 9.59 Å². The number of hydrogen-bond acceptors (Lipinski definition) is 5. The maximum atomic E-state index is 12.3. The zero-order valence-electron chi connectivity index (χ0n) is 13.0. The Bertz CT molecular complexity index is 912. The number of amides is 1. The van der Waals surface area contributed by atoms with Gasteiger partial charge in [0.15, 0.2) is 5.78 Å². The van der Waals surface area contributed by atoms with Crippen LogP contribution in [0.4, 0.5) is 5.69 Å². The molecule has 0 fully saturated rings. The van der Waals surface area contributed by atoms with Crippen molar-refractivity contribution in [2.24, 2.45) is 0 Å². The fourth-order valence-electron chi connectivity index (χ4n) is 2.24. The first-order chi connectivity index (χ1) is 10.9. The zero-order valence-corrected chi connectivity index (χ0v) is 13.0. The van der Waals surface area contributed by atoms with Crippen LogP contribution in [0.3, 0.4) is 0 Å². The van der Waals surface area contributed by atoms with Crippen molar-refractivity contribution in [1.29, 1.82) is 0 Å². The average molecular weight is 309 g/mol. The van der Waals surface area contributed by atoms with Crippen molar-refractivity contribution < 1.29 is 9.59 Å². The van der Waals surface area contributed by atoms with Crippen LogP contribution in [0.1, 0.15) is 39.3 Å². The third-order valence-corrected chi connectivity index (χ3v) is 3.37. The van der Waals surface area contributed by atoms with E-state index in [1.807, 2.05) is 19.9 Å². The minimum absolute atomic E-state index is 0.0261. The summed E-state index contributed by atoms with van der Waals surface area (Å²) in [6.45, 7) is 5.22. The highest BCUT2D eigenvalue weighted by Crippen LogP contribution is 2.12. The zero-order chi connectivity index (χ0) is 16.6. The molecule has 1 amide bonds. The number of carbonyl (C=O) groups excluding carboxylic acids is 2. The lowest BCUT2D eigenvalue weighted by Gasteiger charge is -2.03. The van der Waals surface area contributed by atoms with Gasteiger partial charge in [0.05, 0.1) is 0 Å². The molecule has 0 aliphatic heterocycles. The molecule has 0 aliphatic carbocycles. The standard InChI is InChI=1S/C16H15N5O2/c1-9-8-10(2)21-16(17-9)19-14(20-21)15(23)18-13-6-4-12(5-7-13)11(3)22/h4-8H,1-3H3,(H,18,23). The Hall–Kier alpha value is -3.09. The number of aryl methyl sites for hydroxylation is 2. The van der Waals surface area contributed by atoms with Crippen LogP contribution in [-0.2, 0) is 0 Å². The molecule has 2 aromatic heterocycles. The van der Waals surface area contributed by atoms with Crippen molar-refractivity contribution in [1.82, 2.24) is 19.6 Å². The number of nitrogens with one attached hydrogen (secondary N) is 1. The van der Waals surface area contributed by atoms with Crippen molar-refractivity contribution >= 4 is 23.2 Å². The van der Waals surface area contributed by atoms with Crippen LogP contribution in [0.2, 0.25) is 0 Å². The summed E-state index contributed by atoms with van der Waals surface area (Å²) in [5, 5.41) is 6.88. The van der Waals surface area contributed by atoms with Crippen LogP contribution in [0.5, 0.6) is 0 Å². The highest BCUT2D eigenvalue weighted by molar-refractivity contribution is 6.02. The third-order valence-electron chi connectivity index (χ3n) is 3.37. The molecular formula is C16H15N5O2. The van der Waals surface area contributed by atoms with Gasteiger partial charge in [0, 0.05) is 22.6 Å². The number of aromatic nitrogens is 4. The maximum Gasteiger partial charge on any atom is 0.295 e. The lowest BCUT2D eigenvalue weighted by Crippen LogP contribution is -2.14. The van der Waals surface area contributed by atoms with Crippen molar-refractivity contribution in [2.45, 2.75) is 20.8 Å². The average Bonchev–Trinajstić information content (AvgIpc) is 2.92. The van der Waals surface area contributed by atoms with Crippen molar-refractivity contribution in [3.63, 3.8) is 0 Å². The molecule has 0 atom stereocenters. The molecule has 3 rings (SSSR count). The van der Waals surface area contributed by atoms with E-state index in [0.29, 0.717) is 17.0 Å². The van der Waals surface area contributed by atoms with Crippen LogP contribution in [0.25, 0.3) is 5.78 Å². The topological polar surface area (TPSA) is 89.2 Å². The third kappa shape index (κ3) is 2.94. The molecule has 116 valence electrons. The summed E-state index contributed by atoms with van der Waals surface area (Å²) in [4.78, 5) is 31.9. The SMILES string of the molecule is CC(=O)c1ccc(NC(=O)c2nc3nc(C)cc(C)n3n2)cc1. The summed E-state index contributed by atoms with van der Waals surface area (Å²) in [6, 6.07) is 8.51. The molecule has 0 unspecified atom stereocenters. The molecule has 2 heterocycles. The molecule has 7 nitrogen and oxygen atoms in total. The summed E-state index contributed by atoms with van der Waals surface area (Å²) in [6.07, 6.45) is 0. The summed E-state index contributed by atoms with van der Waals surface area (Å²) < 4.78 is 1.53. The fraction of sp³-hybridized carbons (Fsp3) is 0.188. The summed E-state index contributed by atoms with van der Waals surface area (Å²) >= 11 is 0. The Morgan fingerprint density at radius 2 is 1.78 bits per heavy atom. The van der Waals surface area contributed by atoms with Gasteiger partial charge in [0.1, 0.15) is 0 Å². The quantitative estimate of drug-likeness (QED) is 0.749. The number of carbonyl (C=O) groups is 2. The normalized spacial score (nSPS) is 10.7. The van der Waals surface area contributed by atoms with Gasteiger partial charge in [-0.15, -0.1) is 5.10 Å². The van der Waals surface area contributed by atoms with Gasteiger partial charge in [-0.05, 0) is 51.1 Å². The van der Waals surface area contributed by atoms with Gasteiger partial charge >= 0.3 is 0 Å². The molecule has 0 radical (unpaired) electrons.